The summed E-state index contributed by atoms with van der Waals surface area (Å²) in [4.78, 5) is 10.7. The number of aromatic nitrogens is 4. The van der Waals surface area contributed by atoms with Gasteiger partial charge < -0.3 is 9.52 Å². The van der Waals surface area contributed by atoms with Gasteiger partial charge in [0.2, 0.25) is 0 Å². The molecule has 1 atom stereocenters. The summed E-state index contributed by atoms with van der Waals surface area (Å²) in [6.07, 6.45) is 3.97. The van der Waals surface area contributed by atoms with Crippen LogP contribution < -0.4 is 0 Å². The van der Waals surface area contributed by atoms with Gasteiger partial charge in [-0.05, 0) is 22.4 Å². The molecule has 0 aliphatic heterocycles. The number of carboxylic acids is 1. The van der Waals surface area contributed by atoms with Crippen molar-refractivity contribution < 1.29 is 14.3 Å². The Labute approximate surface area is 103 Å². The van der Waals surface area contributed by atoms with E-state index in [-0.39, 0.29) is 12.3 Å². The lowest BCUT2D eigenvalue weighted by Gasteiger charge is -2.12. The minimum atomic E-state index is -0.806. The Kier molecular flexibility index (Phi) is 3.71. The Morgan fingerprint density at radius 3 is 3.06 bits per heavy atom. The number of carboxylic acid groups (broad SMARTS) is 1. The molecule has 2 heterocycles. The van der Waals surface area contributed by atoms with Crippen molar-refractivity contribution in [1.82, 2.24) is 20.2 Å². The third kappa shape index (κ3) is 2.73. The number of nitrogens with zero attached hydrogens (tertiary/aromatic N) is 4. The minimum Gasteiger partial charge on any atom is -0.481 e. The van der Waals surface area contributed by atoms with E-state index in [1.807, 2.05) is 6.92 Å². The maximum Gasteiger partial charge on any atom is 0.303 e. The molecule has 0 aromatic carbocycles. The molecule has 0 saturated carbocycles. The van der Waals surface area contributed by atoms with Crippen LogP contribution in [-0.4, -0.2) is 31.3 Å². The lowest BCUT2D eigenvalue weighted by atomic mass is 10.0. The zero-order valence-electron chi connectivity index (χ0n) is 9.98. The predicted molar refractivity (Wildman–Crippen MR) is 61.6 cm³/mol. The second-order valence-electron chi connectivity index (χ2n) is 4.07. The molecule has 2 aromatic rings. The van der Waals surface area contributed by atoms with Crippen LogP contribution in [0.4, 0.5) is 0 Å². The molecule has 1 N–H and O–H groups in total. The van der Waals surface area contributed by atoms with Gasteiger partial charge in [-0.1, -0.05) is 13.3 Å². The van der Waals surface area contributed by atoms with Gasteiger partial charge in [0.05, 0.1) is 11.8 Å². The lowest BCUT2D eigenvalue weighted by Crippen LogP contribution is -2.16. The van der Waals surface area contributed by atoms with Crippen molar-refractivity contribution in [3.63, 3.8) is 0 Å². The molecule has 0 amide bonds. The fraction of sp³-hybridized carbons (Fsp3) is 0.455. The normalized spacial score (nSPS) is 12.5. The number of tetrazole rings is 1. The van der Waals surface area contributed by atoms with Gasteiger partial charge in [0.25, 0.3) is 0 Å². The molecular formula is C11H14N4O3. The van der Waals surface area contributed by atoms with Gasteiger partial charge in [-0.3, -0.25) is 4.79 Å². The van der Waals surface area contributed by atoms with Crippen LogP contribution in [0.15, 0.2) is 23.0 Å². The van der Waals surface area contributed by atoms with E-state index in [0.29, 0.717) is 12.4 Å². The summed E-state index contributed by atoms with van der Waals surface area (Å²) in [6.45, 7) is 2.44. The van der Waals surface area contributed by atoms with Crippen molar-refractivity contribution in [2.24, 2.45) is 5.92 Å². The van der Waals surface area contributed by atoms with E-state index in [1.165, 1.54) is 0 Å². The standard InChI is InChI=1S/C11H14N4O3/c1-2-8(5-10(16)17)6-15-11(12-13-14-15)9-3-4-18-7-9/h3-4,7-8H,2,5-6H2,1H3,(H,16,17). The van der Waals surface area contributed by atoms with Crippen LogP contribution in [0.3, 0.4) is 0 Å². The number of carbonyl (C=O) groups is 1. The topological polar surface area (TPSA) is 94.0 Å². The summed E-state index contributed by atoms with van der Waals surface area (Å²) in [5.41, 5.74) is 0.783. The van der Waals surface area contributed by atoms with E-state index in [2.05, 4.69) is 15.5 Å². The van der Waals surface area contributed by atoms with Crippen molar-refractivity contribution >= 4 is 5.97 Å². The molecule has 0 fully saturated rings. The van der Waals surface area contributed by atoms with Gasteiger partial charge in [-0.15, -0.1) is 5.10 Å². The van der Waals surface area contributed by atoms with Crippen LogP contribution in [0.1, 0.15) is 19.8 Å². The number of hydrogen-bond donors (Lipinski definition) is 1. The Hall–Kier alpha value is -2.18. The zero-order chi connectivity index (χ0) is 13.0. The third-order valence-electron chi connectivity index (χ3n) is 2.78. The zero-order valence-corrected chi connectivity index (χ0v) is 9.98. The Morgan fingerprint density at radius 1 is 1.61 bits per heavy atom. The highest BCUT2D eigenvalue weighted by Crippen LogP contribution is 2.18. The molecule has 18 heavy (non-hydrogen) atoms. The highest BCUT2D eigenvalue weighted by molar-refractivity contribution is 5.67. The maximum atomic E-state index is 10.7. The first-order chi connectivity index (χ1) is 8.70. The third-order valence-corrected chi connectivity index (χ3v) is 2.78. The quantitative estimate of drug-likeness (QED) is 0.833. The highest BCUT2D eigenvalue weighted by Gasteiger charge is 2.16. The summed E-state index contributed by atoms with van der Waals surface area (Å²) in [5, 5.41) is 20.2. The van der Waals surface area contributed by atoms with E-state index in [0.717, 1.165) is 12.0 Å². The molecule has 2 rings (SSSR count). The summed E-state index contributed by atoms with van der Waals surface area (Å²) in [5.74, 6) is -0.205. The molecule has 7 heteroatoms. The molecule has 7 nitrogen and oxygen atoms in total. The molecule has 96 valence electrons. The average Bonchev–Trinajstić information content (AvgIpc) is 2.96. The average molecular weight is 250 g/mol. The Balaban J connectivity index is 2.14. The first-order valence-corrected chi connectivity index (χ1v) is 5.71. The Bertz CT molecular complexity index is 506. The first kappa shape index (κ1) is 12.3. The van der Waals surface area contributed by atoms with E-state index in [9.17, 15) is 4.79 Å². The molecule has 0 aliphatic carbocycles. The molecular weight excluding hydrogens is 236 g/mol. The van der Waals surface area contributed by atoms with Gasteiger partial charge in [-0.25, -0.2) is 4.68 Å². The summed E-state index contributed by atoms with van der Waals surface area (Å²) in [6, 6.07) is 1.76. The van der Waals surface area contributed by atoms with Crippen LogP contribution in [0, 0.1) is 5.92 Å². The number of hydrogen-bond acceptors (Lipinski definition) is 5. The van der Waals surface area contributed by atoms with Gasteiger partial charge >= 0.3 is 5.97 Å². The smallest absolute Gasteiger partial charge is 0.303 e. The molecule has 0 saturated heterocycles. The molecule has 0 bridgehead atoms. The van der Waals surface area contributed by atoms with E-state index in [4.69, 9.17) is 9.52 Å². The van der Waals surface area contributed by atoms with Crippen LogP contribution in [-0.2, 0) is 11.3 Å². The fourth-order valence-corrected chi connectivity index (χ4v) is 1.76. The Morgan fingerprint density at radius 2 is 2.44 bits per heavy atom. The van der Waals surface area contributed by atoms with Gasteiger partial charge in [-0.2, -0.15) is 0 Å². The molecule has 0 radical (unpaired) electrons. The fourth-order valence-electron chi connectivity index (χ4n) is 1.76. The monoisotopic (exact) mass is 250 g/mol. The van der Waals surface area contributed by atoms with Gasteiger partial charge in [0.15, 0.2) is 5.82 Å². The summed E-state index contributed by atoms with van der Waals surface area (Å²) in [7, 11) is 0. The largest absolute Gasteiger partial charge is 0.481 e. The molecule has 0 spiro atoms. The van der Waals surface area contributed by atoms with Crippen molar-refractivity contribution in [2.45, 2.75) is 26.3 Å². The summed E-state index contributed by atoms with van der Waals surface area (Å²) >= 11 is 0. The van der Waals surface area contributed by atoms with Crippen molar-refractivity contribution in [3.8, 4) is 11.4 Å². The van der Waals surface area contributed by atoms with Gasteiger partial charge in [0.1, 0.15) is 6.26 Å². The second kappa shape index (κ2) is 5.44. The lowest BCUT2D eigenvalue weighted by molar-refractivity contribution is -0.138. The van der Waals surface area contributed by atoms with E-state index >= 15 is 0 Å². The highest BCUT2D eigenvalue weighted by atomic mass is 16.4. The van der Waals surface area contributed by atoms with Crippen LogP contribution in [0.2, 0.25) is 0 Å². The van der Waals surface area contributed by atoms with Crippen LogP contribution >= 0.6 is 0 Å². The minimum absolute atomic E-state index is 0.0108. The van der Waals surface area contributed by atoms with Crippen molar-refractivity contribution in [1.29, 1.82) is 0 Å². The maximum absolute atomic E-state index is 10.7. The van der Waals surface area contributed by atoms with E-state index in [1.54, 1.807) is 23.3 Å². The molecule has 1 unspecified atom stereocenters. The SMILES string of the molecule is CCC(CC(=O)O)Cn1nnnc1-c1ccoc1. The van der Waals surface area contributed by atoms with Crippen LogP contribution in [0.25, 0.3) is 11.4 Å². The van der Waals surface area contributed by atoms with E-state index < -0.39 is 5.97 Å². The summed E-state index contributed by atoms with van der Waals surface area (Å²) < 4.78 is 6.60. The van der Waals surface area contributed by atoms with Crippen LogP contribution in [0.5, 0.6) is 0 Å². The number of aliphatic carboxylic acids is 1. The molecule has 2 aromatic heterocycles. The second-order valence-corrected chi connectivity index (χ2v) is 4.07. The number of furan rings is 1. The van der Waals surface area contributed by atoms with Crippen molar-refractivity contribution in [3.05, 3.63) is 18.6 Å². The van der Waals surface area contributed by atoms with Crippen molar-refractivity contribution in [2.75, 3.05) is 0 Å². The predicted octanol–water partition coefficient (Wildman–Crippen LogP) is 1.43. The van der Waals surface area contributed by atoms with Gasteiger partial charge in [0, 0.05) is 13.0 Å². The first-order valence-electron chi connectivity index (χ1n) is 5.71. The number of rotatable bonds is 6. The molecule has 0 aliphatic rings.